The highest BCUT2D eigenvalue weighted by molar-refractivity contribution is 5.48. The van der Waals surface area contributed by atoms with E-state index in [1.165, 1.54) is 16.7 Å². The van der Waals surface area contributed by atoms with Crippen LogP contribution in [0.3, 0.4) is 0 Å². The van der Waals surface area contributed by atoms with Gasteiger partial charge in [-0.2, -0.15) is 0 Å². The summed E-state index contributed by atoms with van der Waals surface area (Å²) in [6.45, 7) is 2.18. The van der Waals surface area contributed by atoms with Gasteiger partial charge in [-0.3, -0.25) is 4.98 Å². The van der Waals surface area contributed by atoms with Crippen molar-refractivity contribution in [2.24, 2.45) is 0 Å². The Morgan fingerprint density at radius 3 is 2.67 bits per heavy atom. The van der Waals surface area contributed by atoms with Gasteiger partial charge in [-0.1, -0.05) is 49.4 Å². The van der Waals surface area contributed by atoms with Crippen molar-refractivity contribution in [3.05, 3.63) is 71.6 Å². The maximum atomic E-state index is 4.17. The summed E-state index contributed by atoms with van der Waals surface area (Å²) < 4.78 is 0. The first-order chi connectivity index (χ1) is 8.90. The Kier molecular flexibility index (Phi) is 4.71. The van der Waals surface area contributed by atoms with Gasteiger partial charge in [0, 0.05) is 12.4 Å². The largest absolute Gasteiger partial charge is 0.264 e. The van der Waals surface area contributed by atoms with Gasteiger partial charge in [0.25, 0.3) is 0 Å². The van der Waals surface area contributed by atoms with Gasteiger partial charge in [0.05, 0.1) is 0 Å². The molecule has 1 heteroatoms. The van der Waals surface area contributed by atoms with E-state index in [9.17, 15) is 0 Å². The van der Waals surface area contributed by atoms with Gasteiger partial charge < -0.3 is 0 Å². The zero-order valence-corrected chi connectivity index (χ0v) is 10.8. The van der Waals surface area contributed by atoms with Crippen LogP contribution in [0.25, 0.3) is 6.08 Å². The average molecular weight is 237 g/mol. The maximum absolute atomic E-state index is 4.17. The van der Waals surface area contributed by atoms with Crippen molar-refractivity contribution in [1.29, 1.82) is 0 Å². The van der Waals surface area contributed by atoms with Crippen LogP contribution in [0.5, 0.6) is 0 Å². The molecule has 1 aromatic heterocycles. The third kappa shape index (κ3) is 3.56. The quantitative estimate of drug-likeness (QED) is 0.756. The van der Waals surface area contributed by atoms with Crippen molar-refractivity contribution in [2.45, 2.75) is 26.2 Å². The SMILES string of the molecule is CCc1cnccc1CC/C=C/c1ccccc1. The molecule has 0 aliphatic heterocycles. The van der Waals surface area contributed by atoms with Gasteiger partial charge in [-0.15, -0.1) is 0 Å². The Hall–Kier alpha value is -1.89. The summed E-state index contributed by atoms with van der Waals surface area (Å²) in [4.78, 5) is 4.17. The highest BCUT2D eigenvalue weighted by atomic mass is 14.6. The zero-order chi connectivity index (χ0) is 12.6. The standard InChI is InChI=1S/C17H19N/c1-2-16-14-18-13-12-17(16)11-7-6-10-15-8-4-3-5-9-15/h3-6,8-10,12-14H,2,7,11H2,1H3/b10-6+. The average Bonchev–Trinajstić information content (AvgIpc) is 2.45. The summed E-state index contributed by atoms with van der Waals surface area (Å²) in [5, 5.41) is 0. The molecule has 1 aromatic carbocycles. The molecule has 0 saturated heterocycles. The summed E-state index contributed by atoms with van der Waals surface area (Å²) in [6, 6.07) is 12.6. The zero-order valence-electron chi connectivity index (χ0n) is 10.8. The molecular weight excluding hydrogens is 218 g/mol. The van der Waals surface area contributed by atoms with Crippen LogP contribution in [-0.2, 0) is 12.8 Å². The highest BCUT2D eigenvalue weighted by Crippen LogP contribution is 2.11. The van der Waals surface area contributed by atoms with Crippen LogP contribution in [0.2, 0.25) is 0 Å². The predicted octanol–water partition coefficient (Wildman–Crippen LogP) is 4.29. The number of aromatic nitrogens is 1. The molecule has 2 rings (SSSR count). The van der Waals surface area contributed by atoms with Gasteiger partial charge in [0.15, 0.2) is 0 Å². The second kappa shape index (κ2) is 6.75. The Morgan fingerprint density at radius 2 is 1.89 bits per heavy atom. The fourth-order valence-corrected chi connectivity index (χ4v) is 2.04. The molecule has 2 aromatic rings. The number of hydrogen-bond acceptors (Lipinski definition) is 1. The van der Waals surface area contributed by atoms with Crippen molar-refractivity contribution < 1.29 is 0 Å². The number of allylic oxidation sites excluding steroid dienone is 1. The molecule has 1 nitrogen and oxygen atoms in total. The van der Waals surface area contributed by atoms with E-state index in [0.29, 0.717) is 0 Å². The molecule has 0 fully saturated rings. The molecule has 0 bridgehead atoms. The molecular formula is C17H19N. The van der Waals surface area contributed by atoms with E-state index < -0.39 is 0 Å². The van der Waals surface area contributed by atoms with E-state index >= 15 is 0 Å². The van der Waals surface area contributed by atoms with E-state index in [-0.39, 0.29) is 0 Å². The van der Waals surface area contributed by atoms with Crippen molar-refractivity contribution in [3.8, 4) is 0 Å². The molecule has 0 N–H and O–H groups in total. The van der Waals surface area contributed by atoms with Crippen LogP contribution in [0.1, 0.15) is 30.0 Å². The van der Waals surface area contributed by atoms with E-state index in [1.807, 2.05) is 18.5 Å². The van der Waals surface area contributed by atoms with E-state index in [0.717, 1.165) is 19.3 Å². The molecule has 0 spiro atoms. The topological polar surface area (TPSA) is 12.9 Å². The minimum atomic E-state index is 1.06. The molecule has 0 amide bonds. The van der Waals surface area contributed by atoms with Gasteiger partial charge >= 0.3 is 0 Å². The van der Waals surface area contributed by atoms with E-state index in [1.54, 1.807) is 0 Å². The van der Waals surface area contributed by atoms with Crippen LogP contribution < -0.4 is 0 Å². The highest BCUT2D eigenvalue weighted by Gasteiger charge is 1.98. The molecule has 0 aliphatic carbocycles. The van der Waals surface area contributed by atoms with Crippen LogP contribution >= 0.6 is 0 Å². The summed E-state index contributed by atoms with van der Waals surface area (Å²) in [7, 11) is 0. The molecule has 1 heterocycles. The minimum absolute atomic E-state index is 1.06. The van der Waals surface area contributed by atoms with Crippen molar-refractivity contribution in [1.82, 2.24) is 4.98 Å². The van der Waals surface area contributed by atoms with Gasteiger partial charge in [-0.05, 0) is 42.0 Å². The van der Waals surface area contributed by atoms with Crippen molar-refractivity contribution in [2.75, 3.05) is 0 Å². The minimum Gasteiger partial charge on any atom is -0.264 e. The van der Waals surface area contributed by atoms with E-state index in [2.05, 4.69) is 54.4 Å². The number of rotatable bonds is 5. The summed E-state index contributed by atoms with van der Waals surface area (Å²) >= 11 is 0. The molecule has 0 saturated carbocycles. The van der Waals surface area contributed by atoms with Crippen LogP contribution in [0.4, 0.5) is 0 Å². The number of pyridine rings is 1. The smallest absolute Gasteiger partial charge is 0.0302 e. The number of benzene rings is 1. The van der Waals surface area contributed by atoms with Gasteiger partial charge in [0.2, 0.25) is 0 Å². The second-order valence-electron chi connectivity index (χ2n) is 4.35. The summed E-state index contributed by atoms with van der Waals surface area (Å²) in [5.74, 6) is 0. The maximum Gasteiger partial charge on any atom is 0.0302 e. The van der Waals surface area contributed by atoms with Crippen LogP contribution in [0.15, 0.2) is 54.9 Å². The van der Waals surface area contributed by atoms with Gasteiger partial charge in [-0.25, -0.2) is 0 Å². The lowest BCUT2D eigenvalue weighted by Gasteiger charge is -2.04. The third-order valence-electron chi connectivity index (χ3n) is 3.08. The first-order valence-corrected chi connectivity index (χ1v) is 6.53. The molecule has 0 radical (unpaired) electrons. The normalized spacial score (nSPS) is 10.9. The first kappa shape index (κ1) is 12.6. The first-order valence-electron chi connectivity index (χ1n) is 6.53. The summed E-state index contributed by atoms with van der Waals surface area (Å²) in [6.07, 6.45) is 11.5. The molecule has 0 atom stereocenters. The number of hydrogen-bond donors (Lipinski definition) is 0. The molecule has 0 unspecified atom stereocenters. The van der Waals surface area contributed by atoms with E-state index in [4.69, 9.17) is 0 Å². The lowest BCUT2D eigenvalue weighted by Crippen LogP contribution is -1.92. The Morgan fingerprint density at radius 1 is 1.06 bits per heavy atom. The number of nitrogens with zero attached hydrogens (tertiary/aromatic N) is 1. The predicted molar refractivity (Wildman–Crippen MR) is 77.4 cm³/mol. The Labute approximate surface area is 109 Å². The monoisotopic (exact) mass is 237 g/mol. The second-order valence-corrected chi connectivity index (χ2v) is 4.35. The van der Waals surface area contributed by atoms with Crippen molar-refractivity contribution >= 4 is 6.08 Å². The van der Waals surface area contributed by atoms with Crippen LogP contribution in [-0.4, -0.2) is 4.98 Å². The number of aryl methyl sites for hydroxylation is 2. The van der Waals surface area contributed by atoms with Crippen LogP contribution in [0, 0.1) is 0 Å². The fraction of sp³-hybridized carbons (Fsp3) is 0.235. The molecule has 92 valence electrons. The lowest BCUT2D eigenvalue weighted by molar-refractivity contribution is 0.950. The summed E-state index contributed by atoms with van der Waals surface area (Å²) in [5.41, 5.74) is 4.05. The lowest BCUT2D eigenvalue weighted by atomic mass is 10.0. The van der Waals surface area contributed by atoms with Crippen molar-refractivity contribution in [3.63, 3.8) is 0 Å². The third-order valence-corrected chi connectivity index (χ3v) is 3.08. The fourth-order valence-electron chi connectivity index (χ4n) is 2.04. The Balaban J connectivity index is 1.91. The van der Waals surface area contributed by atoms with Gasteiger partial charge in [0.1, 0.15) is 0 Å². The Bertz CT molecular complexity index is 500. The molecule has 0 aliphatic rings. The molecule has 18 heavy (non-hydrogen) atoms.